The lowest BCUT2D eigenvalue weighted by Crippen LogP contribution is -2.58. The zero-order chi connectivity index (χ0) is 23.9. The van der Waals surface area contributed by atoms with Gasteiger partial charge < -0.3 is 0 Å². The fourth-order valence-electron chi connectivity index (χ4n) is 4.52. The Balaban J connectivity index is 1.74. The molecule has 3 aromatic carbocycles. The molecule has 5 rings (SSSR count). The molecule has 2 amide bonds. The maximum absolute atomic E-state index is 14.2. The quantitative estimate of drug-likeness (QED) is 0.523. The monoisotopic (exact) mass is 448 g/mol. The summed E-state index contributed by atoms with van der Waals surface area (Å²) in [4.78, 5) is 27.6. The first-order valence-electron chi connectivity index (χ1n) is 11.1. The molecule has 2 heterocycles. The van der Waals surface area contributed by atoms with Gasteiger partial charge in [-0.15, -0.1) is 0 Å². The molecule has 1 atom stereocenters. The highest BCUT2D eigenvalue weighted by molar-refractivity contribution is 6.25. The number of carbonyl (C=O) groups is 2. The van der Waals surface area contributed by atoms with Crippen LogP contribution in [0.25, 0.3) is 11.1 Å². The maximum atomic E-state index is 14.2. The van der Waals surface area contributed by atoms with Gasteiger partial charge >= 0.3 is 0 Å². The second kappa shape index (κ2) is 8.23. The van der Waals surface area contributed by atoms with Crippen molar-refractivity contribution < 1.29 is 9.59 Å². The van der Waals surface area contributed by atoms with Gasteiger partial charge in [0.2, 0.25) is 5.54 Å². The number of para-hydroxylation sites is 1. The van der Waals surface area contributed by atoms with Crippen molar-refractivity contribution in [2.75, 3.05) is 5.01 Å². The molecule has 0 N–H and O–H groups in total. The van der Waals surface area contributed by atoms with Gasteiger partial charge in [-0.2, -0.15) is 15.2 Å². The second-order valence-corrected chi connectivity index (χ2v) is 8.63. The van der Waals surface area contributed by atoms with E-state index in [1.807, 2.05) is 92.7 Å². The standard InChI is InChI=1S/C28H24N4O2/c1-19(2)16-26(33)32-28(20(3)30-31(27(28)34)24-12-8-5-9-13-24)25-17-22(14-15-23(25)18-29-32)21-10-6-4-7-11-21/h4-18H,1-3H3. The van der Waals surface area contributed by atoms with Crippen LogP contribution in [0.5, 0.6) is 0 Å². The van der Waals surface area contributed by atoms with Gasteiger partial charge in [0.25, 0.3) is 11.8 Å². The zero-order valence-corrected chi connectivity index (χ0v) is 19.3. The van der Waals surface area contributed by atoms with E-state index in [2.05, 4.69) is 10.2 Å². The molecule has 3 aromatic rings. The number of allylic oxidation sites excluding steroid dienone is 1. The number of fused-ring (bicyclic) bond motifs is 2. The lowest BCUT2D eigenvalue weighted by Gasteiger charge is -2.39. The van der Waals surface area contributed by atoms with Crippen molar-refractivity contribution in [1.82, 2.24) is 5.01 Å². The van der Waals surface area contributed by atoms with Gasteiger partial charge in [-0.1, -0.05) is 66.2 Å². The minimum atomic E-state index is -1.48. The number of hydrazone groups is 2. The first kappa shape index (κ1) is 21.5. The van der Waals surface area contributed by atoms with E-state index in [0.29, 0.717) is 17.0 Å². The van der Waals surface area contributed by atoms with Crippen LogP contribution in [-0.4, -0.2) is 28.7 Å². The van der Waals surface area contributed by atoms with Gasteiger partial charge in [-0.05, 0) is 50.1 Å². The van der Waals surface area contributed by atoms with Crippen LogP contribution in [0, 0.1) is 0 Å². The van der Waals surface area contributed by atoms with Crippen molar-refractivity contribution in [2.45, 2.75) is 26.3 Å². The third-order valence-electron chi connectivity index (χ3n) is 6.08. The number of amides is 2. The Kier molecular flexibility index (Phi) is 5.21. The molecule has 1 unspecified atom stereocenters. The molecule has 0 bridgehead atoms. The van der Waals surface area contributed by atoms with Crippen LogP contribution in [0.15, 0.2) is 101 Å². The second-order valence-electron chi connectivity index (χ2n) is 8.63. The van der Waals surface area contributed by atoms with Crippen LogP contribution in [0.3, 0.4) is 0 Å². The minimum absolute atomic E-state index is 0.338. The van der Waals surface area contributed by atoms with E-state index < -0.39 is 5.54 Å². The average molecular weight is 449 g/mol. The van der Waals surface area contributed by atoms with Crippen molar-refractivity contribution in [3.05, 3.63) is 102 Å². The van der Waals surface area contributed by atoms with Crippen LogP contribution in [0.4, 0.5) is 5.69 Å². The molecule has 34 heavy (non-hydrogen) atoms. The molecule has 0 saturated heterocycles. The van der Waals surface area contributed by atoms with Crippen LogP contribution >= 0.6 is 0 Å². The lowest BCUT2D eigenvalue weighted by atomic mass is 9.79. The Labute approximate surface area is 198 Å². The van der Waals surface area contributed by atoms with E-state index in [-0.39, 0.29) is 11.8 Å². The van der Waals surface area contributed by atoms with E-state index in [4.69, 9.17) is 0 Å². The van der Waals surface area contributed by atoms with Crippen LogP contribution in [-0.2, 0) is 15.1 Å². The molecular weight excluding hydrogens is 424 g/mol. The Morgan fingerprint density at radius 3 is 2.26 bits per heavy atom. The number of carbonyl (C=O) groups excluding carboxylic acids is 2. The van der Waals surface area contributed by atoms with E-state index in [9.17, 15) is 9.59 Å². The summed E-state index contributed by atoms with van der Waals surface area (Å²) in [6, 6.07) is 25.1. The Hall–Kier alpha value is -4.32. The predicted octanol–water partition coefficient (Wildman–Crippen LogP) is 5.11. The summed E-state index contributed by atoms with van der Waals surface area (Å²) in [5.74, 6) is -0.708. The smallest absolute Gasteiger partial charge is 0.269 e. The number of hydrogen-bond acceptors (Lipinski definition) is 4. The lowest BCUT2D eigenvalue weighted by molar-refractivity contribution is -0.139. The van der Waals surface area contributed by atoms with Crippen molar-refractivity contribution in [3.8, 4) is 11.1 Å². The van der Waals surface area contributed by atoms with E-state index in [0.717, 1.165) is 22.3 Å². The topological polar surface area (TPSA) is 65.3 Å². The summed E-state index contributed by atoms with van der Waals surface area (Å²) < 4.78 is 0. The van der Waals surface area contributed by atoms with Gasteiger partial charge in [0, 0.05) is 17.2 Å². The highest BCUT2D eigenvalue weighted by atomic mass is 16.2. The Bertz CT molecular complexity index is 1370. The van der Waals surface area contributed by atoms with Crippen molar-refractivity contribution >= 4 is 29.4 Å². The molecule has 168 valence electrons. The van der Waals surface area contributed by atoms with E-state index >= 15 is 0 Å². The van der Waals surface area contributed by atoms with Crippen molar-refractivity contribution in [1.29, 1.82) is 0 Å². The molecule has 0 aromatic heterocycles. The van der Waals surface area contributed by atoms with Crippen molar-refractivity contribution in [3.63, 3.8) is 0 Å². The normalized spacial score (nSPS) is 18.7. The van der Waals surface area contributed by atoms with E-state index in [1.165, 1.54) is 16.1 Å². The van der Waals surface area contributed by atoms with Crippen LogP contribution < -0.4 is 5.01 Å². The molecule has 2 aliphatic rings. The first-order valence-corrected chi connectivity index (χ1v) is 11.1. The molecular formula is C28H24N4O2. The number of hydrogen-bond donors (Lipinski definition) is 0. The number of anilines is 1. The summed E-state index contributed by atoms with van der Waals surface area (Å²) in [5.41, 5.74) is 3.89. The SMILES string of the molecule is CC(C)=CC(=O)N1N=Cc2ccc(-c3ccccc3)cc2C12C(=O)N(c1ccccc1)N=C2C. The zero-order valence-electron chi connectivity index (χ0n) is 19.3. The Morgan fingerprint density at radius 1 is 0.912 bits per heavy atom. The average Bonchev–Trinajstić information content (AvgIpc) is 3.11. The molecule has 2 aliphatic heterocycles. The Morgan fingerprint density at radius 2 is 1.59 bits per heavy atom. The van der Waals surface area contributed by atoms with Gasteiger partial charge in [-0.3, -0.25) is 9.59 Å². The van der Waals surface area contributed by atoms with E-state index in [1.54, 1.807) is 13.1 Å². The summed E-state index contributed by atoms with van der Waals surface area (Å²) in [6.45, 7) is 5.46. The number of benzene rings is 3. The number of rotatable bonds is 3. The predicted molar refractivity (Wildman–Crippen MR) is 134 cm³/mol. The molecule has 1 spiro atoms. The fourth-order valence-corrected chi connectivity index (χ4v) is 4.52. The van der Waals surface area contributed by atoms with Crippen molar-refractivity contribution in [2.24, 2.45) is 10.2 Å². The van der Waals surface area contributed by atoms with Gasteiger partial charge in [0.15, 0.2) is 0 Å². The van der Waals surface area contributed by atoms with Gasteiger partial charge in [-0.25, -0.2) is 5.01 Å². The third-order valence-corrected chi connectivity index (χ3v) is 6.08. The highest BCUT2D eigenvalue weighted by Gasteiger charge is 2.59. The molecule has 6 heteroatoms. The molecule has 0 fully saturated rings. The molecule has 0 radical (unpaired) electrons. The first-order chi connectivity index (χ1) is 16.4. The summed E-state index contributed by atoms with van der Waals surface area (Å²) in [7, 11) is 0. The summed E-state index contributed by atoms with van der Waals surface area (Å²) in [6.07, 6.45) is 3.13. The third kappa shape index (κ3) is 3.27. The molecule has 6 nitrogen and oxygen atoms in total. The maximum Gasteiger partial charge on any atom is 0.286 e. The number of nitrogens with zero attached hydrogens (tertiary/aromatic N) is 4. The highest BCUT2D eigenvalue weighted by Crippen LogP contribution is 2.44. The molecule has 0 saturated carbocycles. The summed E-state index contributed by atoms with van der Waals surface area (Å²) >= 11 is 0. The summed E-state index contributed by atoms with van der Waals surface area (Å²) in [5, 5.41) is 11.8. The van der Waals surface area contributed by atoms with Crippen LogP contribution in [0.2, 0.25) is 0 Å². The van der Waals surface area contributed by atoms with Gasteiger partial charge in [0.05, 0.1) is 17.6 Å². The van der Waals surface area contributed by atoms with Crippen LogP contribution in [0.1, 0.15) is 31.9 Å². The minimum Gasteiger partial charge on any atom is -0.269 e. The fraction of sp³-hybridized carbons (Fsp3) is 0.143. The van der Waals surface area contributed by atoms with Gasteiger partial charge in [0.1, 0.15) is 0 Å². The molecule has 0 aliphatic carbocycles. The largest absolute Gasteiger partial charge is 0.286 e.